The van der Waals surface area contributed by atoms with Gasteiger partial charge in [0.15, 0.2) is 0 Å². The smallest absolute Gasteiger partial charge is 0.211 e. The molecule has 0 atom stereocenters. The van der Waals surface area contributed by atoms with Crippen LogP contribution in [0.15, 0.2) is 18.2 Å². The largest absolute Gasteiger partial charge is 0.389 e. The first-order valence-corrected chi connectivity index (χ1v) is 8.66. The summed E-state index contributed by atoms with van der Waals surface area (Å²) in [6, 6.07) is 5.85. The highest BCUT2D eigenvalue weighted by Gasteiger charge is 2.25. The standard InChI is InChI=1S/C13H19N3O2S2/c1-10-4-3-5-11(13(14)19)12(10)15-6-8-16(9-7-15)20(2,17)18/h3-5H,6-9H2,1-2H3,(H2,14,19). The Morgan fingerprint density at radius 3 is 2.35 bits per heavy atom. The highest BCUT2D eigenvalue weighted by molar-refractivity contribution is 7.88. The first kappa shape index (κ1) is 15.2. The number of hydrogen-bond donors (Lipinski definition) is 1. The van der Waals surface area contributed by atoms with E-state index < -0.39 is 10.0 Å². The Bertz CT molecular complexity index is 621. The summed E-state index contributed by atoms with van der Waals surface area (Å²) in [5, 5.41) is 0. The van der Waals surface area contributed by atoms with E-state index in [0.717, 1.165) is 16.8 Å². The number of nitrogens with two attached hydrogens (primary N) is 1. The quantitative estimate of drug-likeness (QED) is 0.833. The van der Waals surface area contributed by atoms with Crippen molar-refractivity contribution in [3.8, 4) is 0 Å². The molecule has 2 N–H and O–H groups in total. The Kier molecular flexibility index (Phi) is 4.31. The van der Waals surface area contributed by atoms with Crippen LogP contribution in [0.4, 0.5) is 5.69 Å². The van der Waals surface area contributed by atoms with Crippen LogP contribution in [0.25, 0.3) is 0 Å². The van der Waals surface area contributed by atoms with Crippen molar-refractivity contribution in [1.82, 2.24) is 4.31 Å². The normalized spacial score (nSPS) is 17.2. The van der Waals surface area contributed by atoms with Crippen LogP contribution in [0.2, 0.25) is 0 Å². The van der Waals surface area contributed by atoms with Gasteiger partial charge in [0.1, 0.15) is 4.99 Å². The summed E-state index contributed by atoms with van der Waals surface area (Å²) in [5.41, 5.74) is 8.76. The van der Waals surface area contributed by atoms with Gasteiger partial charge in [-0.05, 0) is 18.6 Å². The van der Waals surface area contributed by atoms with Gasteiger partial charge >= 0.3 is 0 Å². The minimum absolute atomic E-state index is 0.370. The van der Waals surface area contributed by atoms with E-state index in [-0.39, 0.29) is 0 Å². The number of piperazine rings is 1. The molecule has 2 rings (SSSR count). The molecule has 110 valence electrons. The number of thiocarbonyl (C=S) groups is 1. The van der Waals surface area contributed by atoms with Gasteiger partial charge in [0.25, 0.3) is 0 Å². The van der Waals surface area contributed by atoms with Gasteiger partial charge in [0, 0.05) is 37.4 Å². The van der Waals surface area contributed by atoms with Crippen LogP contribution in [-0.2, 0) is 10.0 Å². The number of anilines is 1. The molecule has 0 aromatic heterocycles. The van der Waals surface area contributed by atoms with Gasteiger partial charge in [-0.1, -0.05) is 24.4 Å². The van der Waals surface area contributed by atoms with E-state index in [9.17, 15) is 8.42 Å². The minimum atomic E-state index is -3.11. The Hall–Kier alpha value is -1.18. The molecule has 1 aliphatic heterocycles. The van der Waals surface area contributed by atoms with Crippen molar-refractivity contribution in [2.45, 2.75) is 6.92 Å². The molecule has 0 spiro atoms. The number of nitrogens with zero attached hydrogens (tertiary/aromatic N) is 2. The topological polar surface area (TPSA) is 66.6 Å². The van der Waals surface area contributed by atoms with Crippen LogP contribution >= 0.6 is 12.2 Å². The fourth-order valence-corrected chi connectivity index (χ4v) is 3.51. The van der Waals surface area contributed by atoms with Crippen molar-refractivity contribution in [3.05, 3.63) is 29.3 Å². The Balaban J connectivity index is 2.25. The van der Waals surface area contributed by atoms with E-state index >= 15 is 0 Å². The van der Waals surface area contributed by atoms with Crippen LogP contribution in [-0.4, -0.2) is 50.1 Å². The summed E-state index contributed by atoms with van der Waals surface area (Å²) >= 11 is 5.11. The molecule has 0 aliphatic carbocycles. The minimum Gasteiger partial charge on any atom is -0.389 e. The monoisotopic (exact) mass is 313 g/mol. The molecule has 1 saturated heterocycles. The third kappa shape index (κ3) is 3.11. The van der Waals surface area contributed by atoms with E-state index in [1.165, 1.54) is 10.6 Å². The van der Waals surface area contributed by atoms with Crippen LogP contribution in [0.1, 0.15) is 11.1 Å². The summed E-state index contributed by atoms with van der Waals surface area (Å²) in [4.78, 5) is 2.53. The highest BCUT2D eigenvalue weighted by atomic mass is 32.2. The third-order valence-corrected chi connectivity index (χ3v) is 5.05. The lowest BCUT2D eigenvalue weighted by Gasteiger charge is -2.36. The number of sulfonamides is 1. The van der Waals surface area contributed by atoms with Gasteiger partial charge in [-0.3, -0.25) is 0 Å². The number of benzene rings is 1. The van der Waals surface area contributed by atoms with Gasteiger partial charge in [-0.25, -0.2) is 8.42 Å². The summed E-state index contributed by atoms with van der Waals surface area (Å²) in [6.07, 6.45) is 1.25. The fourth-order valence-electron chi connectivity index (χ4n) is 2.52. The first-order valence-electron chi connectivity index (χ1n) is 6.40. The lowest BCUT2D eigenvalue weighted by atomic mass is 10.1. The zero-order valence-corrected chi connectivity index (χ0v) is 13.3. The summed E-state index contributed by atoms with van der Waals surface area (Å²) in [7, 11) is -3.11. The Labute approximate surface area is 125 Å². The van der Waals surface area contributed by atoms with Gasteiger partial charge in [0.2, 0.25) is 10.0 Å². The number of para-hydroxylation sites is 1. The second kappa shape index (κ2) is 5.67. The van der Waals surface area contributed by atoms with E-state index in [4.69, 9.17) is 18.0 Å². The lowest BCUT2D eigenvalue weighted by Crippen LogP contribution is -2.49. The van der Waals surface area contributed by atoms with Crippen molar-refractivity contribution in [2.75, 3.05) is 37.3 Å². The molecule has 0 unspecified atom stereocenters. The maximum atomic E-state index is 11.5. The molecule has 1 heterocycles. The van der Waals surface area contributed by atoms with E-state index in [1.807, 2.05) is 25.1 Å². The third-order valence-electron chi connectivity index (χ3n) is 3.53. The average Bonchev–Trinajstić information content (AvgIpc) is 2.37. The first-order chi connectivity index (χ1) is 9.30. The summed E-state index contributed by atoms with van der Waals surface area (Å²) in [6.45, 7) is 4.29. The molecule has 5 nitrogen and oxygen atoms in total. The predicted molar refractivity (Wildman–Crippen MR) is 85.7 cm³/mol. The van der Waals surface area contributed by atoms with Crippen molar-refractivity contribution < 1.29 is 8.42 Å². The van der Waals surface area contributed by atoms with Crippen LogP contribution in [0.5, 0.6) is 0 Å². The lowest BCUT2D eigenvalue weighted by molar-refractivity contribution is 0.388. The van der Waals surface area contributed by atoms with Crippen molar-refractivity contribution >= 4 is 32.9 Å². The van der Waals surface area contributed by atoms with Crippen LogP contribution in [0, 0.1) is 6.92 Å². The molecule has 1 aliphatic rings. The SMILES string of the molecule is Cc1cccc(C(N)=S)c1N1CCN(S(C)(=O)=O)CC1. The van der Waals surface area contributed by atoms with Crippen molar-refractivity contribution in [1.29, 1.82) is 0 Å². The van der Waals surface area contributed by atoms with Crippen LogP contribution in [0.3, 0.4) is 0 Å². The number of hydrogen-bond acceptors (Lipinski definition) is 4. The Morgan fingerprint density at radius 2 is 1.85 bits per heavy atom. The maximum absolute atomic E-state index is 11.5. The predicted octanol–water partition coefficient (Wildman–Crippen LogP) is 0.711. The molecule has 0 saturated carbocycles. The number of aryl methyl sites for hydroxylation is 1. The van der Waals surface area contributed by atoms with Gasteiger partial charge in [-0.15, -0.1) is 0 Å². The fraction of sp³-hybridized carbons (Fsp3) is 0.462. The molecule has 1 fully saturated rings. The molecule has 0 radical (unpaired) electrons. The second-order valence-electron chi connectivity index (χ2n) is 4.98. The molecule has 1 aromatic rings. The summed E-state index contributed by atoms with van der Waals surface area (Å²) < 4.78 is 24.6. The molecular weight excluding hydrogens is 294 g/mol. The molecule has 0 amide bonds. The van der Waals surface area contributed by atoms with E-state index in [1.54, 1.807) is 0 Å². The van der Waals surface area contributed by atoms with Crippen molar-refractivity contribution in [2.24, 2.45) is 5.73 Å². The molecule has 0 bridgehead atoms. The highest BCUT2D eigenvalue weighted by Crippen LogP contribution is 2.26. The van der Waals surface area contributed by atoms with Crippen LogP contribution < -0.4 is 10.6 Å². The van der Waals surface area contributed by atoms with Gasteiger partial charge in [0.05, 0.1) is 6.26 Å². The summed E-state index contributed by atoms with van der Waals surface area (Å²) in [5.74, 6) is 0. The second-order valence-corrected chi connectivity index (χ2v) is 7.41. The zero-order chi connectivity index (χ0) is 14.9. The van der Waals surface area contributed by atoms with Gasteiger partial charge in [-0.2, -0.15) is 4.31 Å². The maximum Gasteiger partial charge on any atom is 0.211 e. The van der Waals surface area contributed by atoms with E-state index in [2.05, 4.69) is 4.90 Å². The average molecular weight is 313 g/mol. The molecular formula is C13H19N3O2S2. The molecule has 20 heavy (non-hydrogen) atoms. The Morgan fingerprint density at radius 1 is 1.25 bits per heavy atom. The van der Waals surface area contributed by atoms with Crippen molar-refractivity contribution in [3.63, 3.8) is 0 Å². The molecule has 7 heteroatoms. The zero-order valence-electron chi connectivity index (χ0n) is 11.7. The van der Waals surface area contributed by atoms with Gasteiger partial charge < -0.3 is 10.6 Å². The number of rotatable bonds is 3. The molecule has 1 aromatic carbocycles. The van der Waals surface area contributed by atoms with E-state index in [0.29, 0.717) is 31.2 Å².